The summed E-state index contributed by atoms with van der Waals surface area (Å²) >= 11 is 0. The fourth-order valence-electron chi connectivity index (χ4n) is 2.67. The summed E-state index contributed by atoms with van der Waals surface area (Å²) in [5.41, 5.74) is 0. The molecule has 5 nitrogen and oxygen atoms in total. The van der Waals surface area contributed by atoms with Crippen LogP contribution in [0.4, 0.5) is 5.95 Å². The van der Waals surface area contributed by atoms with E-state index in [9.17, 15) is 4.79 Å². The first-order valence-electron chi connectivity index (χ1n) is 6.17. The highest BCUT2D eigenvalue weighted by Crippen LogP contribution is 2.26. The van der Waals surface area contributed by atoms with Gasteiger partial charge in [0.2, 0.25) is 11.9 Å². The second-order valence-corrected chi connectivity index (χ2v) is 4.83. The van der Waals surface area contributed by atoms with Gasteiger partial charge in [0.05, 0.1) is 6.04 Å². The van der Waals surface area contributed by atoms with Crippen LogP contribution in [-0.4, -0.2) is 38.9 Å². The molecule has 0 aromatic carbocycles. The van der Waals surface area contributed by atoms with Crippen molar-refractivity contribution in [3.63, 3.8) is 0 Å². The van der Waals surface area contributed by atoms with Crippen LogP contribution in [0.25, 0.3) is 0 Å². The van der Waals surface area contributed by atoms with Crippen LogP contribution in [0.3, 0.4) is 0 Å². The lowest BCUT2D eigenvalue weighted by Crippen LogP contribution is -2.47. The molecule has 1 aliphatic heterocycles. The molecule has 0 aliphatic carbocycles. The van der Waals surface area contributed by atoms with E-state index in [1.54, 1.807) is 12.4 Å². The van der Waals surface area contributed by atoms with Gasteiger partial charge in [-0.05, 0) is 33.6 Å². The molecular weight excluding hydrogens is 216 g/mol. The van der Waals surface area contributed by atoms with Crippen molar-refractivity contribution in [3.05, 3.63) is 12.4 Å². The summed E-state index contributed by atoms with van der Waals surface area (Å²) < 4.78 is 0. The highest BCUT2D eigenvalue weighted by molar-refractivity contribution is 5.93. The number of carbonyl (C=O) groups excluding carboxylic acids is 1. The number of imidazole rings is 1. The zero-order valence-electron chi connectivity index (χ0n) is 10.6. The Morgan fingerprint density at radius 2 is 2.18 bits per heavy atom. The van der Waals surface area contributed by atoms with Crippen LogP contribution in [0, 0.1) is 0 Å². The lowest BCUT2D eigenvalue weighted by atomic mass is 10.2. The summed E-state index contributed by atoms with van der Waals surface area (Å²) in [7, 11) is 0. The Morgan fingerprint density at radius 3 is 2.71 bits per heavy atom. The summed E-state index contributed by atoms with van der Waals surface area (Å²) in [4.78, 5) is 21.2. The molecule has 0 bridgehead atoms. The third kappa shape index (κ3) is 2.49. The first-order chi connectivity index (χ1) is 8.09. The molecule has 1 saturated heterocycles. The van der Waals surface area contributed by atoms with Gasteiger partial charge in [-0.1, -0.05) is 0 Å². The Bertz CT molecular complexity index is 366. The number of aromatic nitrogens is 2. The minimum absolute atomic E-state index is 0.000509. The van der Waals surface area contributed by atoms with E-state index in [0.29, 0.717) is 18.0 Å². The van der Waals surface area contributed by atoms with Crippen LogP contribution < -0.4 is 5.32 Å². The average molecular weight is 236 g/mol. The van der Waals surface area contributed by atoms with Crippen molar-refractivity contribution < 1.29 is 4.79 Å². The van der Waals surface area contributed by atoms with Crippen LogP contribution in [0.5, 0.6) is 0 Å². The van der Waals surface area contributed by atoms with Gasteiger partial charge in [0.15, 0.2) is 0 Å². The number of nitrogens with zero attached hydrogens (tertiary/aromatic N) is 2. The molecule has 3 unspecified atom stereocenters. The highest BCUT2D eigenvalue weighted by atomic mass is 16.2. The second kappa shape index (κ2) is 4.87. The summed E-state index contributed by atoms with van der Waals surface area (Å²) in [6, 6.07) is 0.831. The minimum Gasteiger partial charge on any atom is -0.331 e. The number of carbonyl (C=O) groups is 1. The monoisotopic (exact) mass is 236 g/mol. The summed E-state index contributed by atoms with van der Waals surface area (Å²) in [6.07, 6.45) is 5.65. The first kappa shape index (κ1) is 12.1. The van der Waals surface area contributed by atoms with Crippen LogP contribution in [0.15, 0.2) is 12.4 Å². The predicted octanol–water partition coefficient (Wildman–Crippen LogP) is 1.61. The van der Waals surface area contributed by atoms with Crippen molar-refractivity contribution in [2.45, 2.75) is 51.7 Å². The lowest BCUT2D eigenvalue weighted by Gasteiger charge is -2.31. The number of hydrogen-bond donors (Lipinski definition) is 2. The molecule has 1 aromatic rings. The molecule has 94 valence electrons. The first-order valence-corrected chi connectivity index (χ1v) is 6.17. The maximum absolute atomic E-state index is 12.1. The molecule has 1 aliphatic rings. The van der Waals surface area contributed by atoms with Gasteiger partial charge in [0.25, 0.3) is 0 Å². The number of hydrogen-bond acceptors (Lipinski definition) is 3. The van der Waals surface area contributed by atoms with Crippen LogP contribution in [0.1, 0.15) is 33.6 Å². The smallest absolute Gasteiger partial charge is 0.243 e. The molecule has 17 heavy (non-hydrogen) atoms. The van der Waals surface area contributed by atoms with Gasteiger partial charge < -0.3 is 4.98 Å². The van der Waals surface area contributed by atoms with Gasteiger partial charge in [-0.2, -0.15) is 0 Å². The maximum atomic E-state index is 12.1. The third-order valence-electron chi connectivity index (χ3n) is 3.59. The molecule has 0 radical (unpaired) electrons. The molecule has 0 saturated carbocycles. The molecule has 3 atom stereocenters. The maximum Gasteiger partial charge on any atom is 0.243 e. The molecular formula is C12H20N4O. The quantitative estimate of drug-likeness (QED) is 0.838. The number of anilines is 1. The van der Waals surface area contributed by atoms with E-state index in [1.807, 2.05) is 6.92 Å². The van der Waals surface area contributed by atoms with Gasteiger partial charge in [-0.25, -0.2) is 4.98 Å². The van der Waals surface area contributed by atoms with Gasteiger partial charge in [-0.3, -0.25) is 15.0 Å². The Kier molecular flexibility index (Phi) is 3.47. The van der Waals surface area contributed by atoms with Gasteiger partial charge in [-0.15, -0.1) is 0 Å². The highest BCUT2D eigenvalue weighted by Gasteiger charge is 2.34. The molecule has 5 heteroatoms. The molecule has 1 fully saturated rings. The minimum atomic E-state index is -0.118. The van der Waals surface area contributed by atoms with E-state index >= 15 is 0 Å². The SMILES string of the molecule is CC1CCC(C)N1C(C)C(=O)Nc1ncc[nH]1. The van der Waals surface area contributed by atoms with Crippen molar-refractivity contribution in [1.29, 1.82) is 0 Å². The summed E-state index contributed by atoms with van der Waals surface area (Å²) in [6.45, 7) is 6.32. The number of aromatic amines is 1. The van der Waals surface area contributed by atoms with Crippen molar-refractivity contribution >= 4 is 11.9 Å². The second-order valence-electron chi connectivity index (χ2n) is 4.83. The average Bonchev–Trinajstić information content (AvgIpc) is 2.89. The zero-order valence-corrected chi connectivity index (χ0v) is 10.6. The van der Waals surface area contributed by atoms with Crippen LogP contribution in [-0.2, 0) is 4.79 Å². The van der Waals surface area contributed by atoms with Crippen molar-refractivity contribution in [2.75, 3.05) is 5.32 Å². The normalized spacial score (nSPS) is 27.0. The molecule has 2 rings (SSSR count). The number of likely N-dealkylation sites (tertiary alicyclic amines) is 1. The van der Waals surface area contributed by atoms with E-state index in [0.717, 1.165) is 0 Å². The fraction of sp³-hybridized carbons (Fsp3) is 0.667. The Hall–Kier alpha value is -1.36. The molecule has 2 heterocycles. The fourth-order valence-corrected chi connectivity index (χ4v) is 2.67. The third-order valence-corrected chi connectivity index (χ3v) is 3.59. The van der Waals surface area contributed by atoms with E-state index < -0.39 is 0 Å². The molecule has 1 amide bonds. The number of rotatable bonds is 3. The van der Waals surface area contributed by atoms with Gasteiger partial charge in [0.1, 0.15) is 0 Å². The van der Waals surface area contributed by atoms with Gasteiger partial charge in [0, 0.05) is 24.5 Å². The van der Waals surface area contributed by atoms with Crippen LogP contribution in [0.2, 0.25) is 0 Å². The molecule has 1 aromatic heterocycles. The van der Waals surface area contributed by atoms with Crippen molar-refractivity contribution in [2.24, 2.45) is 0 Å². The Balaban J connectivity index is 1.99. The zero-order chi connectivity index (χ0) is 12.4. The summed E-state index contributed by atoms with van der Waals surface area (Å²) in [5.74, 6) is 0.516. The standard InChI is InChI=1S/C12H20N4O/c1-8-4-5-9(2)16(8)10(3)11(17)15-12-13-6-7-14-12/h6-10H,4-5H2,1-3H3,(H2,13,14,15,17). The van der Waals surface area contributed by atoms with E-state index in [-0.39, 0.29) is 11.9 Å². The number of H-pyrrole nitrogens is 1. The molecule has 0 spiro atoms. The van der Waals surface area contributed by atoms with Crippen molar-refractivity contribution in [3.8, 4) is 0 Å². The van der Waals surface area contributed by atoms with E-state index in [1.165, 1.54) is 12.8 Å². The van der Waals surface area contributed by atoms with Crippen LogP contribution >= 0.6 is 0 Å². The number of amides is 1. The topological polar surface area (TPSA) is 61.0 Å². The Labute approximate surface area is 102 Å². The van der Waals surface area contributed by atoms with E-state index in [4.69, 9.17) is 0 Å². The Morgan fingerprint density at radius 1 is 1.53 bits per heavy atom. The lowest BCUT2D eigenvalue weighted by molar-refractivity contribution is -0.121. The summed E-state index contributed by atoms with van der Waals surface area (Å²) in [5, 5.41) is 2.79. The van der Waals surface area contributed by atoms with Gasteiger partial charge >= 0.3 is 0 Å². The largest absolute Gasteiger partial charge is 0.331 e. The molecule has 2 N–H and O–H groups in total. The predicted molar refractivity (Wildman–Crippen MR) is 66.7 cm³/mol. The number of nitrogens with one attached hydrogen (secondary N) is 2. The van der Waals surface area contributed by atoms with Crippen molar-refractivity contribution in [1.82, 2.24) is 14.9 Å². The van der Waals surface area contributed by atoms with E-state index in [2.05, 4.69) is 34.0 Å².